The third-order valence-corrected chi connectivity index (χ3v) is 4.65. The second-order valence-electron chi connectivity index (χ2n) is 3.74. The van der Waals surface area contributed by atoms with Gasteiger partial charge < -0.3 is 9.47 Å². The standard InChI is InChI=1S/C12H11IN2O3S2/c1-17-9-4-7(3-8(13)11(9)18-2)5-14-15-10(16)6-20-12(15)19/h3-5H,6H2,1-2H3/b14-5+. The van der Waals surface area contributed by atoms with Crippen molar-refractivity contribution in [3.05, 3.63) is 21.3 Å². The molecule has 1 saturated heterocycles. The topological polar surface area (TPSA) is 51.1 Å². The van der Waals surface area contributed by atoms with Crippen LogP contribution in [0.3, 0.4) is 0 Å². The van der Waals surface area contributed by atoms with E-state index in [4.69, 9.17) is 21.7 Å². The van der Waals surface area contributed by atoms with Gasteiger partial charge in [0.25, 0.3) is 5.91 Å². The van der Waals surface area contributed by atoms with Crippen molar-refractivity contribution in [1.82, 2.24) is 5.01 Å². The van der Waals surface area contributed by atoms with E-state index in [1.807, 2.05) is 6.07 Å². The molecule has 5 nitrogen and oxygen atoms in total. The van der Waals surface area contributed by atoms with Crippen LogP contribution in [0.25, 0.3) is 0 Å². The number of thiocarbonyl (C=S) groups is 1. The molecule has 0 unspecified atom stereocenters. The summed E-state index contributed by atoms with van der Waals surface area (Å²) < 4.78 is 11.9. The lowest BCUT2D eigenvalue weighted by Crippen LogP contribution is -2.22. The summed E-state index contributed by atoms with van der Waals surface area (Å²) in [4.78, 5) is 11.6. The largest absolute Gasteiger partial charge is 0.493 e. The number of amides is 1. The summed E-state index contributed by atoms with van der Waals surface area (Å²) in [5.74, 6) is 1.53. The van der Waals surface area contributed by atoms with Crippen molar-refractivity contribution in [1.29, 1.82) is 0 Å². The third-order valence-electron chi connectivity index (χ3n) is 2.51. The zero-order valence-electron chi connectivity index (χ0n) is 10.8. The van der Waals surface area contributed by atoms with Gasteiger partial charge in [-0.2, -0.15) is 10.1 Å². The summed E-state index contributed by atoms with van der Waals surface area (Å²) in [6.07, 6.45) is 1.58. The maximum absolute atomic E-state index is 11.6. The third kappa shape index (κ3) is 3.23. The summed E-state index contributed by atoms with van der Waals surface area (Å²) in [6.45, 7) is 0. The average molecular weight is 422 g/mol. The molecule has 1 aliphatic rings. The lowest BCUT2D eigenvalue weighted by molar-refractivity contribution is -0.123. The summed E-state index contributed by atoms with van der Waals surface area (Å²) >= 11 is 8.52. The van der Waals surface area contributed by atoms with Crippen molar-refractivity contribution < 1.29 is 14.3 Å². The van der Waals surface area contributed by atoms with Crippen LogP contribution in [0.15, 0.2) is 17.2 Å². The first-order valence-electron chi connectivity index (χ1n) is 5.52. The number of methoxy groups -OCH3 is 2. The highest BCUT2D eigenvalue weighted by Crippen LogP contribution is 2.33. The number of hydrogen-bond acceptors (Lipinski definition) is 6. The van der Waals surface area contributed by atoms with Gasteiger partial charge in [0.15, 0.2) is 15.8 Å². The Morgan fingerprint density at radius 1 is 1.45 bits per heavy atom. The summed E-state index contributed by atoms with van der Waals surface area (Å²) in [5.41, 5.74) is 0.805. The highest BCUT2D eigenvalue weighted by Gasteiger charge is 2.26. The van der Waals surface area contributed by atoms with E-state index < -0.39 is 0 Å². The first kappa shape index (κ1) is 15.5. The number of carbonyl (C=O) groups is 1. The number of carbonyl (C=O) groups excluding carboxylic acids is 1. The number of ether oxygens (including phenoxy) is 2. The summed E-state index contributed by atoms with van der Waals surface area (Å²) in [7, 11) is 3.16. The Hall–Kier alpha value is -0.870. The smallest absolute Gasteiger partial charge is 0.259 e. The molecule has 0 spiro atoms. The molecule has 0 aromatic heterocycles. The minimum atomic E-state index is -0.105. The molecule has 0 N–H and O–H groups in total. The average Bonchev–Trinajstić information content (AvgIpc) is 2.75. The Bertz CT molecular complexity index is 576. The highest BCUT2D eigenvalue weighted by atomic mass is 127. The van der Waals surface area contributed by atoms with Crippen LogP contribution >= 0.6 is 46.6 Å². The molecule has 0 atom stereocenters. The summed E-state index contributed by atoms with van der Waals surface area (Å²) in [5, 5.41) is 5.36. The van der Waals surface area contributed by atoms with Gasteiger partial charge in [0.05, 0.1) is 29.8 Å². The number of benzene rings is 1. The van der Waals surface area contributed by atoms with E-state index >= 15 is 0 Å². The van der Waals surface area contributed by atoms with E-state index in [0.29, 0.717) is 21.6 Å². The van der Waals surface area contributed by atoms with Crippen molar-refractivity contribution in [3.63, 3.8) is 0 Å². The Balaban J connectivity index is 2.28. The van der Waals surface area contributed by atoms with Gasteiger partial charge in [0.1, 0.15) is 0 Å². The molecule has 0 saturated carbocycles. The van der Waals surface area contributed by atoms with Gasteiger partial charge >= 0.3 is 0 Å². The zero-order chi connectivity index (χ0) is 14.7. The van der Waals surface area contributed by atoms with Crippen LogP contribution in [0, 0.1) is 3.57 Å². The molecular weight excluding hydrogens is 411 g/mol. The van der Waals surface area contributed by atoms with E-state index in [2.05, 4.69) is 27.7 Å². The Labute approximate surface area is 139 Å². The predicted octanol–water partition coefficient (Wildman–Crippen LogP) is 2.50. The SMILES string of the molecule is COc1cc(/C=N/N2C(=O)CSC2=S)cc(I)c1OC. The van der Waals surface area contributed by atoms with Crippen molar-refractivity contribution in [2.45, 2.75) is 0 Å². The molecule has 0 radical (unpaired) electrons. The molecule has 0 aliphatic carbocycles. The zero-order valence-corrected chi connectivity index (χ0v) is 14.5. The molecule has 1 aliphatic heterocycles. The van der Waals surface area contributed by atoms with Crippen LogP contribution in [-0.2, 0) is 4.79 Å². The van der Waals surface area contributed by atoms with Crippen LogP contribution in [-0.4, -0.2) is 41.4 Å². The maximum atomic E-state index is 11.6. The first-order valence-corrected chi connectivity index (χ1v) is 7.99. The Kier molecular flexibility index (Phi) is 5.22. The van der Waals surface area contributed by atoms with Crippen LogP contribution in [0.2, 0.25) is 0 Å². The molecule has 1 heterocycles. The summed E-state index contributed by atoms with van der Waals surface area (Å²) in [6, 6.07) is 3.68. The van der Waals surface area contributed by atoms with Gasteiger partial charge in [-0.15, -0.1) is 0 Å². The van der Waals surface area contributed by atoms with Crippen LogP contribution < -0.4 is 9.47 Å². The molecule has 1 fully saturated rings. The fourth-order valence-electron chi connectivity index (χ4n) is 1.60. The van der Waals surface area contributed by atoms with Gasteiger partial charge in [-0.25, -0.2) is 0 Å². The predicted molar refractivity (Wildman–Crippen MR) is 91.8 cm³/mol. The van der Waals surface area contributed by atoms with E-state index in [-0.39, 0.29) is 5.91 Å². The number of rotatable bonds is 4. The van der Waals surface area contributed by atoms with Crippen molar-refractivity contribution in [3.8, 4) is 11.5 Å². The lowest BCUT2D eigenvalue weighted by Gasteiger charge is -2.11. The van der Waals surface area contributed by atoms with E-state index in [1.165, 1.54) is 16.8 Å². The fourth-order valence-corrected chi connectivity index (χ4v) is 3.41. The molecule has 20 heavy (non-hydrogen) atoms. The van der Waals surface area contributed by atoms with Gasteiger partial charge in [-0.3, -0.25) is 4.79 Å². The van der Waals surface area contributed by atoms with E-state index in [9.17, 15) is 4.79 Å². The van der Waals surface area contributed by atoms with Gasteiger partial charge in [-0.05, 0) is 40.3 Å². The normalized spacial score (nSPS) is 15.2. The molecular formula is C12H11IN2O3S2. The minimum absolute atomic E-state index is 0.105. The minimum Gasteiger partial charge on any atom is -0.493 e. The van der Waals surface area contributed by atoms with Gasteiger partial charge in [0, 0.05) is 0 Å². The second-order valence-corrected chi connectivity index (χ2v) is 6.51. The number of nitrogens with zero attached hydrogens (tertiary/aromatic N) is 2. The molecule has 1 aromatic rings. The quantitative estimate of drug-likeness (QED) is 0.424. The number of thioether (sulfide) groups is 1. The van der Waals surface area contributed by atoms with Gasteiger partial charge in [0.2, 0.25) is 0 Å². The monoisotopic (exact) mass is 422 g/mol. The molecule has 8 heteroatoms. The van der Waals surface area contributed by atoms with Crippen molar-refractivity contribution in [2.75, 3.05) is 20.0 Å². The number of halogens is 1. The second kappa shape index (κ2) is 6.72. The molecule has 1 aromatic carbocycles. The molecule has 1 amide bonds. The maximum Gasteiger partial charge on any atom is 0.259 e. The van der Waals surface area contributed by atoms with E-state index in [0.717, 1.165) is 9.13 Å². The van der Waals surface area contributed by atoms with Crippen LogP contribution in [0.4, 0.5) is 0 Å². The number of hydrazone groups is 1. The van der Waals surface area contributed by atoms with Crippen LogP contribution in [0.1, 0.15) is 5.56 Å². The van der Waals surface area contributed by atoms with Crippen molar-refractivity contribution >= 4 is 63.0 Å². The molecule has 106 valence electrons. The lowest BCUT2D eigenvalue weighted by atomic mass is 10.2. The van der Waals surface area contributed by atoms with Crippen molar-refractivity contribution in [2.24, 2.45) is 5.10 Å². The Morgan fingerprint density at radius 2 is 2.20 bits per heavy atom. The molecule has 2 rings (SSSR count). The first-order chi connectivity index (χ1) is 9.56. The van der Waals surface area contributed by atoms with Gasteiger partial charge in [-0.1, -0.05) is 24.0 Å². The Morgan fingerprint density at radius 3 is 2.75 bits per heavy atom. The highest BCUT2D eigenvalue weighted by molar-refractivity contribution is 14.1. The van der Waals surface area contributed by atoms with E-state index in [1.54, 1.807) is 26.5 Å². The van der Waals surface area contributed by atoms with Crippen LogP contribution in [0.5, 0.6) is 11.5 Å². The molecule has 0 bridgehead atoms. The number of hydrogen-bond donors (Lipinski definition) is 0. The fraction of sp³-hybridized carbons (Fsp3) is 0.250.